The van der Waals surface area contributed by atoms with Gasteiger partial charge in [-0.05, 0) is 30.1 Å². The first kappa shape index (κ1) is 13.0. The van der Waals surface area contributed by atoms with E-state index in [-0.39, 0.29) is 0 Å². The number of nitrogens with one attached hydrogen (secondary N) is 1. The number of hydrogen-bond donors (Lipinski definition) is 1. The summed E-state index contributed by atoms with van der Waals surface area (Å²) in [6, 6.07) is 6.03. The molecule has 5 heteroatoms. The molecule has 0 saturated carbocycles. The number of rotatable bonds is 5. The lowest BCUT2D eigenvalue weighted by Gasteiger charge is -2.20. The minimum Gasteiger partial charge on any atom is -0.454 e. The topological polar surface area (TPSA) is 46.6 Å². The Kier molecular flexibility index (Phi) is 3.60. The summed E-state index contributed by atoms with van der Waals surface area (Å²) in [6.45, 7) is 5.24. The summed E-state index contributed by atoms with van der Waals surface area (Å²) in [6.07, 6.45) is 1.84. The number of fused-ring (bicyclic) bond motifs is 2. The van der Waals surface area contributed by atoms with Crippen LogP contribution in [0.5, 0.6) is 11.5 Å². The first-order valence-corrected chi connectivity index (χ1v) is 6.90. The summed E-state index contributed by atoms with van der Waals surface area (Å²) in [5.41, 5.74) is 0. The molecule has 1 N–H and O–H groups in total. The Bertz CT molecular complexity index is 615. The summed E-state index contributed by atoms with van der Waals surface area (Å²) in [5, 5.41) is 5.54. The Hall–Kier alpha value is -2.01. The highest BCUT2D eigenvalue weighted by Gasteiger charge is 2.17. The molecule has 5 nitrogen and oxygen atoms in total. The number of anilines is 1. The van der Waals surface area contributed by atoms with Crippen LogP contribution >= 0.6 is 0 Å². The first-order chi connectivity index (χ1) is 9.79. The lowest BCUT2D eigenvalue weighted by atomic mass is 10.1. The van der Waals surface area contributed by atoms with Gasteiger partial charge >= 0.3 is 0 Å². The Morgan fingerprint density at radius 2 is 2.10 bits per heavy atom. The molecule has 20 heavy (non-hydrogen) atoms. The Balaban J connectivity index is 1.94. The van der Waals surface area contributed by atoms with E-state index in [4.69, 9.17) is 9.47 Å². The van der Waals surface area contributed by atoms with Crippen molar-refractivity contribution in [1.29, 1.82) is 0 Å². The normalized spacial score (nSPS) is 12.9. The smallest absolute Gasteiger partial charge is 0.231 e. The second kappa shape index (κ2) is 5.54. The number of aromatic nitrogens is 1. The van der Waals surface area contributed by atoms with Gasteiger partial charge in [0.15, 0.2) is 11.5 Å². The quantitative estimate of drug-likeness (QED) is 0.844. The molecule has 106 valence electrons. The fourth-order valence-electron chi connectivity index (χ4n) is 2.38. The van der Waals surface area contributed by atoms with E-state index in [1.807, 2.05) is 24.4 Å². The molecule has 1 aliphatic rings. The zero-order chi connectivity index (χ0) is 13.9. The monoisotopic (exact) mass is 273 g/mol. The number of hydrogen-bond acceptors (Lipinski definition) is 5. The molecule has 0 spiro atoms. The Morgan fingerprint density at radius 1 is 1.30 bits per heavy atom. The molecule has 0 radical (unpaired) electrons. The molecule has 0 amide bonds. The van der Waals surface area contributed by atoms with Gasteiger partial charge in [-0.3, -0.25) is 0 Å². The number of likely N-dealkylation sites (N-methyl/N-ethyl adjacent to an activating group) is 2. The summed E-state index contributed by atoms with van der Waals surface area (Å²) in [7, 11) is 2.06. The summed E-state index contributed by atoms with van der Waals surface area (Å²) in [4.78, 5) is 6.67. The zero-order valence-corrected chi connectivity index (χ0v) is 11.8. The Morgan fingerprint density at radius 3 is 2.90 bits per heavy atom. The third kappa shape index (κ3) is 2.36. The average molecular weight is 273 g/mol. The highest BCUT2D eigenvalue weighted by Crippen LogP contribution is 2.38. The van der Waals surface area contributed by atoms with E-state index in [0.717, 1.165) is 47.7 Å². The van der Waals surface area contributed by atoms with Crippen LogP contribution in [0.1, 0.15) is 6.92 Å². The molecule has 0 atom stereocenters. The van der Waals surface area contributed by atoms with E-state index in [1.165, 1.54) is 0 Å². The van der Waals surface area contributed by atoms with E-state index in [2.05, 4.69) is 29.2 Å². The predicted octanol–water partition coefficient (Wildman–Crippen LogP) is 2.01. The molecule has 3 rings (SSSR count). The first-order valence-electron chi connectivity index (χ1n) is 6.90. The van der Waals surface area contributed by atoms with E-state index < -0.39 is 0 Å². The summed E-state index contributed by atoms with van der Waals surface area (Å²) >= 11 is 0. The van der Waals surface area contributed by atoms with E-state index >= 15 is 0 Å². The maximum atomic E-state index is 5.46. The summed E-state index contributed by atoms with van der Waals surface area (Å²) < 4.78 is 10.9. The molecular weight excluding hydrogens is 254 g/mol. The van der Waals surface area contributed by atoms with Crippen molar-refractivity contribution in [2.45, 2.75) is 6.92 Å². The second-order valence-corrected chi connectivity index (χ2v) is 4.84. The SMILES string of the molecule is CCNCCN(C)c1nccc2cc3c(cc12)OCO3. The van der Waals surface area contributed by atoms with Crippen LogP contribution in [-0.2, 0) is 0 Å². The highest BCUT2D eigenvalue weighted by molar-refractivity contribution is 5.94. The third-order valence-electron chi connectivity index (χ3n) is 3.47. The molecule has 0 bridgehead atoms. The highest BCUT2D eigenvalue weighted by atomic mass is 16.7. The largest absolute Gasteiger partial charge is 0.454 e. The Labute approximate surface area is 118 Å². The fraction of sp³-hybridized carbons (Fsp3) is 0.400. The molecule has 1 aromatic heterocycles. The maximum Gasteiger partial charge on any atom is 0.231 e. The minimum atomic E-state index is 0.296. The fourth-order valence-corrected chi connectivity index (χ4v) is 2.38. The minimum absolute atomic E-state index is 0.296. The van der Waals surface area contributed by atoms with Crippen molar-refractivity contribution >= 4 is 16.6 Å². The predicted molar refractivity (Wildman–Crippen MR) is 79.7 cm³/mol. The maximum absolute atomic E-state index is 5.46. The van der Waals surface area contributed by atoms with Gasteiger partial charge in [0.05, 0.1) is 0 Å². The van der Waals surface area contributed by atoms with Crippen LogP contribution in [0.15, 0.2) is 24.4 Å². The van der Waals surface area contributed by atoms with Crippen LogP contribution in [-0.4, -0.2) is 38.5 Å². The van der Waals surface area contributed by atoms with Crippen molar-refractivity contribution in [1.82, 2.24) is 10.3 Å². The van der Waals surface area contributed by atoms with Crippen LogP contribution < -0.4 is 19.7 Å². The lowest BCUT2D eigenvalue weighted by Crippen LogP contribution is -2.29. The molecular formula is C15H19N3O2. The second-order valence-electron chi connectivity index (χ2n) is 4.84. The van der Waals surface area contributed by atoms with Gasteiger partial charge in [0, 0.05) is 31.7 Å². The van der Waals surface area contributed by atoms with Gasteiger partial charge < -0.3 is 19.7 Å². The zero-order valence-electron chi connectivity index (χ0n) is 11.8. The van der Waals surface area contributed by atoms with Crippen molar-refractivity contribution in [2.24, 2.45) is 0 Å². The van der Waals surface area contributed by atoms with E-state index in [0.29, 0.717) is 6.79 Å². The van der Waals surface area contributed by atoms with Gasteiger partial charge in [-0.25, -0.2) is 4.98 Å². The number of benzene rings is 1. The molecule has 1 aliphatic heterocycles. The van der Waals surface area contributed by atoms with Gasteiger partial charge in [-0.2, -0.15) is 0 Å². The number of pyridine rings is 1. The van der Waals surface area contributed by atoms with Crippen LogP contribution in [0.2, 0.25) is 0 Å². The molecule has 1 aromatic carbocycles. The third-order valence-corrected chi connectivity index (χ3v) is 3.47. The van der Waals surface area contributed by atoms with Crippen LogP contribution in [0, 0.1) is 0 Å². The molecule has 0 unspecified atom stereocenters. The molecule has 0 fully saturated rings. The standard InChI is InChI=1S/C15H19N3O2/c1-3-16-6-7-18(2)15-12-9-14-13(19-10-20-14)8-11(12)4-5-17-15/h4-5,8-9,16H,3,6-7,10H2,1-2H3. The van der Waals surface area contributed by atoms with Crippen molar-refractivity contribution in [3.63, 3.8) is 0 Å². The number of nitrogens with zero attached hydrogens (tertiary/aromatic N) is 2. The van der Waals surface area contributed by atoms with Gasteiger partial charge in [-0.15, -0.1) is 0 Å². The molecule has 0 saturated heterocycles. The van der Waals surface area contributed by atoms with Crippen LogP contribution in [0.3, 0.4) is 0 Å². The molecule has 2 heterocycles. The van der Waals surface area contributed by atoms with E-state index in [1.54, 1.807) is 0 Å². The van der Waals surface area contributed by atoms with Gasteiger partial charge in [0.25, 0.3) is 0 Å². The average Bonchev–Trinajstić information content (AvgIpc) is 2.91. The molecule has 0 aliphatic carbocycles. The summed E-state index contributed by atoms with van der Waals surface area (Å²) in [5.74, 6) is 2.58. The van der Waals surface area contributed by atoms with Gasteiger partial charge in [0.2, 0.25) is 6.79 Å². The van der Waals surface area contributed by atoms with Crippen LogP contribution in [0.25, 0.3) is 10.8 Å². The molecule has 2 aromatic rings. The number of ether oxygens (including phenoxy) is 2. The van der Waals surface area contributed by atoms with E-state index in [9.17, 15) is 0 Å². The van der Waals surface area contributed by atoms with Crippen LogP contribution in [0.4, 0.5) is 5.82 Å². The van der Waals surface area contributed by atoms with Crippen molar-refractivity contribution in [3.8, 4) is 11.5 Å². The van der Waals surface area contributed by atoms with Crippen molar-refractivity contribution < 1.29 is 9.47 Å². The van der Waals surface area contributed by atoms with Gasteiger partial charge in [0.1, 0.15) is 5.82 Å². The lowest BCUT2D eigenvalue weighted by molar-refractivity contribution is 0.174. The van der Waals surface area contributed by atoms with Crippen molar-refractivity contribution in [3.05, 3.63) is 24.4 Å². The van der Waals surface area contributed by atoms with Crippen molar-refractivity contribution in [2.75, 3.05) is 38.4 Å². The van der Waals surface area contributed by atoms with Gasteiger partial charge in [-0.1, -0.05) is 6.92 Å².